The molecule has 1 amide bonds. The molecule has 4 heteroatoms. The van der Waals surface area contributed by atoms with Gasteiger partial charge in [-0.1, -0.05) is 33.8 Å². The molecule has 0 aromatic carbocycles. The van der Waals surface area contributed by atoms with E-state index in [-0.39, 0.29) is 29.1 Å². The number of ketones is 1. The van der Waals surface area contributed by atoms with E-state index in [4.69, 9.17) is 0 Å². The SMILES string of the molecule is CCC(=O)[C@@H](NC(=O)C1C[C@@H]1c1cccs1)C(C)(C)C. The Bertz CT molecular complexity index is 487. The van der Waals surface area contributed by atoms with Crippen molar-refractivity contribution in [3.05, 3.63) is 22.4 Å². The van der Waals surface area contributed by atoms with E-state index in [0.717, 1.165) is 6.42 Å². The molecule has 110 valence electrons. The van der Waals surface area contributed by atoms with Gasteiger partial charge in [0, 0.05) is 23.1 Å². The molecule has 0 saturated heterocycles. The van der Waals surface area contributed by atoms with E-state index in [1.165, 1.54) is 4.88 Å². The van der Waals surface area contributed by atoms with Gasteiger partial charge < -0.3 is 5.32 Å². The van der Waals surface area contributed by atoms with E-state index in [9.17, 15) is 9.59 Å². The Morgan fingerprint density at radius 1 is 1.45 bits per heavy atom. The van der Waals surface area contributed by atoms with Crippen LogP contribution in [-0.4, -0.2) is 17.7 Å². The number of Topliss-reactive ketones (excluding diaryl/α,β-unsaturated/α-hetero) is 1. The molecule has 1 aromatic heterocycles. The molecule has 3 atom stereocenters. The summed E-state index contributed by atoms with van der Waals surface area (Å²) in [6.45, 7) is 7.83. The topological polar surface area (TPSA) is 46.2 Å². The van der Waals surface area contributed by atoms with Crippen molar-refractivity contribution in [1.82, 2.24) is 5.32 Å². The average Bonchev–Trinajstić information content (AvgIpc) is 3.00. The van der Waals surface area contributed by atoms with E-state index >= 15 is 0 Å². The smallest absolute Gasteiger partial charge is 0.224 e. The quantitative estimate of drug-likeness (QED) is 0.905. The van der Waals surface area contributed by atoms with E-state index in [2.05, 4.69) is 11.4 Å². The van der Waals surface area contributed by atoms with Crippen LogP contribution in [0.3, 0.4) is 0 Å². The van der Waals surface area contributed by atoms with Gasteiger partial charge in [-0.2, -0.15) is 0 Å². The van der Waals surface area contributed by atoms with Crippen LogP contribution in [0.5, 0.6) is 0 Å². The molecule has 1 fully saturated rings. The Balaban J connectivity index is 1.98. The van der Waals surface area contributed by atoms with Crippen LogP contribution in [0.4, 0.5) is 0 Å². The monoisotopic (exact) mass is 293 g/mol. The molecular weight excluding hydrogens is 270 g/mol. The predicted octanol–water partition coefficient (Wildman–Crippen LogP) is 3.36. The normalized spacial score (nSPS) is 23.2. The Hall–Kier alpha value is -1.16. The van der Waals surface area contributed by atoms with Gasteiger partial charge in [0.05, 0.1) is 6.04 Å². The van der Waals surface area contributed by atoms with Crippen LogP contribution < -0.4 is 5.32 Å². The summed E-state index contributed by atoms with van der Waals surface area (Å²) in [7, 11) is 0. The molecule has 1 saturated carbocycles. The number of thiophene rings is 1. The Labute approximate surface area is 124 Å². The molecule has 20 heavy (non-hydrogen) atoms. The minimum atomic E-state index is -0.385. The molecule has 3 nitrogen and oxygen atoms in total. The number of amides is 1. The highest BCUT2D eigenvalue weighted by atomic mass is 32.1. The van der Waals surface area contributed by atoms with Gasteiger partial charge in [-0.15, -0.1) is 11.3 Å². The van der Waals surface area contributed by atoms with Gasteiger partial charge in [-0.3, -0.25) is 9.59 Å². The van der Waals surface area contributed by atoms with Crippen molar-refractivity contribution in [1.29, 1.82) is 0 Å². The maximum atomic E-state index is 12.3. The van der Waals surface area contributed by atoms with Gasteiger partial charge >= 0.3 is 0 Å². The average molecular weight is 293 g/mol. The first-order valence-electron chi connectivity index (χ1n) is 7.21. The fraction of sp³-hybridized carbons (Fsp3) is 0.625. The molecule has 1 aromatic rings. The van der Waals surface area contributed by atoms with Crippen molar-refractivity contribution >= 4 is 23.0 Å². The largest absolute Gasteiger partial charge is 0.346 e. The van der Waals surface area contributed by atoms with Crippen LogP contribution in [0.15, 0.2) is 17.5 Å². The van der Waals surface area contributed by atoms with Crippen molar-refractivity contribution in [2.24, 2.45) is 11.3 Å². The molecule has 1 unspecified atom stereocenters. The van der Waals surface area contributed by atoms with Gasteiger partial charge in [-0.05, 0) is 23.3 Å². The highest BCUT2D eigenvalue weighted by molar-refractivity contribution is 7.10. The number of nitrogens with one attached hydrogen (secondary N) is 1. The molecule has 1 N–H and O–H groups in total. The number of hydrogen-bond donors (Lipinski definition) is 1. The lowest BCUT2D eigenvalue weighted by Crippen LogP contribution is -2.49. The third-order valence-corrected chi connectivity index (χ3v) is 4.86. The van der Waals surface area contributed by atoms with Crippen LogP contribution in [0, 0.1) is 11.3 Å². The standard InChI is InChI=1S/C16H23NO2S/c1-5-12(18)14(16(2,3)4)17-15(19)11-9-10(11)13-7-6-8-20-13/h6-8,10-11,14H,5,9H2,1-4H3,(H,17,19)/t10-,11?,14+/m0/s1. The molecule has 0 aliphatic heterocycles. The van der Waals surface area contributed by atoms with Gasteiger partial charge in [0.15, 0.2) is 5.78 Å². The summed E-state index contributed by atoms with van der Waals surface area (Å²) < 4.78 is 0. The molecule has 0 bridgehead atoms. The lowest BCUT2D eigenvalue weighted by molar-refractivity contribution is -0.130. The van der Waals surface area contributed by atoms with E-state index in [1.807, 2.05) is 39.1 Å². The number of carbonyl (C=O) groups excluding carboxylic acids is 2. The fourth-order valence-electron chi connectivity index (χ4n) is 2.53. The molecular formula is C16H23NO2S. The van der Waals surface area contributed by atoms with Gasteiger partial charge in [0.1, 0.15) is 0 Å². The third-order valence-electron chi connectivity index (χ3n) is 3.86. The zero-order valence-electron chi connectivity index (χ0n) is 12.6. The second-order valence-electron chi connectivity index (χ2n) is 6.59. The first kappa shape index (κ1) is 15.2. The first-order valence-corrected chi connectivity index (χ1v) is 8.09. The molecule has 1 aliphatic rings. The Morgan fingerprint density at radius 2 is 2.15 bits per heavy atom. The van der Waals surface area contributed by atoms with Gasteiger partial charge in [0.25, 0.3) is 0 Å². The number of rotatable bonds is 5. The molecule has 1 aliphatic carbocycles. The summed E-state index contributed by atoms with van der Waals surface area (Å²) in [4.78, 5) is 25.6. The summed E-state index contributed by atoms with van der Waals surface area (Å²) in [5, 5.41) is 5.02. The lowest BCUT2D eigenvalue weighted by Gasteiger charge is -2.30. The highest BCUT2D eigenvalue weighted by Crippen LogP contribution is 2.49. The van der Waals surface area contributed by atoms with E-state index in [1.54, 1.807) is 11.3 Å². The van der Waals surface area contributed by atoms with Gasteiger partial charge in [0.2, 0.25) is 5.91 Å². The van der Waals surface area contributed by atoms with Crippen molar-refractivity contribution in [2.75, 3.05) is 0 Å². The Morgan fingerprint density at radius 3 is 2.65 bits per heavy atom. The molecule has 0 radical (unpaired) electrons. The highest BCUT2D eigenvalue weighted by Gasteiger charge is 2.46. The summed E-state index contributed by atoms with van der Waals surface area (Å²) in [5.74, 6) is 0.541. The van der Waals surface area contributed by atoms with Gasteiger partial charge in [-0.25, -0.2) is 0 Å². The number of hydrogen-bond acceptors (Lipinski definition) is 3. The van der Waals surface area contributed by atoms with Crippen molar-refractivity contribution in [3.63, 3.8) is 0 Å². The fourth-order valence-corrected chi connectivity index (χ4v) is 3.44. The predicted molar refractivity (Wildman–Crippen MR) is 81.9 cm³/mol. The second-order valence-corrected chi connectivity index (χ2v) is 7.57. The summed E-state index contributed by atoms with van der Waals surface area (Å²) >= 11 is 1.70. The third kappa shape index (κ3) is 3.29. The summed E-state index contributed by atoms with van der Waals surface area (Å²) in [5.41, 5.74) is -0.240. The van der Waals surface area contributed by atoms with E-state index in [0.29, 0.717) is 12.3 Å². The first-order chi connectivity index (χ1) is 9.34. The van der Waals surface area contributed by atoms with Crippen LogP contribution >= 0.6 is 11.3 Å². The van der Waals surface area contributed by atoms with Crippen molar-refractivity contribution < 1.29 is 9.59 Å². The maximum absolute atomic E-state index is 12.3. The maximum Gasteiger partial charge on any atom is 0.224 e. The van der Waals surface area contributed by atoms with Crippen LogP contribution in [0.25, 0.3) is 0 Å². The second kappa shape index (κ2) is 5.68. The minimum Gasteiger partial charge on any atom is -0.346 e. The molecule has 1 heterocycles. The zero-order valence-corrected chi connectivity index (χ0v) is 13.4. The summed E-state index contributed by atoms with van der Waals surface area (Å²) in [6.07, 6.45) is 1.37. The minimum absolute atomic E-state index is 0.0325. The molecule has 2 rings (SSSR count). The Kier molecular flexibility index (Phi) is 4.33. The zero-order chi connectivity index (χ0) is 14.9. The van der Waals surface area contributed by atoms with Crippen LogP contribution in [0.1, 0.15) is 51.3 Å². The van der Waals surface area contributed by atoms with Crippen LogP contribution in [0.2, 0.25) is 0 Å². The lowest BCUT2D eigenvalue weighted by atomic mass is 9.83. The van der Waals surface area contributed by atoms with E-state index < -0.39 is 0 Å². The number of carbonyl (C=O) groups is 2. The van der Waals surface area contributed by atoms with Crippen molar-refractivity contribution in [2.45, 2.75) is 52.5 Å². The van der Waals surface area contributed by atoms with Crippen LogP contribution in [-0.2, 0) is 9.59 Å². The van der Waals surface area contributed by atoms with Crippen molar-refractivity contribution in [3.8, 4) is 0 Å². The summed E-state index contributed by atoms with van der Waals surface area (Å²) in [6, 6.07) is 3.72. The molecule has 0 spiro atoms.